The standard InChI is InChI=1S/C16H19N3O/c20-18-19(14-16-9-5-2-6-10-16)12-11-17-13-15-7-3-1-4-8-15/h1-10,17H,11-14H2. The van der Waals surface area contributed by atoms with Crippen LogP contribution in [0, 0.1) is 4.91 Å². The second-order valence-corrected chi connectivity index (χ2v) is 4.62. The molecule has 2 aromatic carbocycles. The Labute approximate surface area is 119 Å². The second kappa shape index (κ2) is 8.07. The zero-order valence-corrected chi connectivity index (χ0v) is 11.4. The maximum atomic E-state index is 10.8. The molecule has 0 aliphatic rings. The van der Waals surface area contributed by atoms with E-state index >= 15 is 0 Å². The largest absolute Gasteiger partial charge is 0.311 e. The van der Waals surface area contributed by atoms with Crippen molar-refractivity contribution in [3.8, 4) is 0 Å². The monoisotopic (exact) mass is 269 g/mol. The van der Waals surface area contributed by atoms with Gasteiger partial charge in [-0.3, -0.25) is 5.01 Å². The lowest BCUT2D eigenvalue weighted by Crippen LogP contribution is -2.27. The van der Waals surface area contributed by atoms with Crippen molar-refractivity contribution in [1.82, 2.24) is 10.3 Å². The highest BCUT2D eigenvalue weighted by Gasteiger charge is 2.03. The molecule has 104 valence electrons. The fraction of sp³-hybridized carbons (Fsp3) is 0.250. The lowest BCUT2D eigenvalue weighted by molar-refractivity contribution is 0.274. The maximum Gasteiger partial charge on any atom is 0.0643 e. The van der Waals surface area contributed by atoms with Crippen molar-refractivity contribution >= 4 is 0 Å². The molecule has 0 fully saturated rings. The molecule has 0 atom stereocenters. The molecule has 0 heterocycles. The maximum absolute atomic E-state index is 10.8. The molecule has 0 bridgehead atoms. The van der Waals surface area contributed by atoms with Gasteiger partial charge >= 0.3 is 0 Å². The Morgan fingerprint density at radius 2 is 1.50 bits per heavy atom. The molecule has 2 aromatic rings. The van der Waals surface area contributed by atoms with Crippen molar-refractivity contribution in [2.75, 3.05) is 13.1 Å². The summed E-state index contributed by atoms with van der Waals surface area (Å²) < 4.78 is 0. The van der Waals surface area contributed by atoms with Gasteiger partial charge in [-0.25, -0.2) is 0 Å². The van der Waals surface area contributed by atoms with Crippen LogP contribution >= 0.6 is 0 Å². The molecule has 4 nitrogen and oxygen atoms in total. The van der Waals surface area contributed by atoms with Crippen LogP contribution in [0.1, 0.15) is 11.1 Å². The van der Waals surface area contributed by atoms with E-state index < -0.39 is 0 Å². The average Bonchev–Trinajstić information content (AvgIpc) is 2.52. The normalized spacial score (nSPS) is 10.2. The van der Waals surface area contributed by atoms with Gasteiger partial charge in [-0.1, -0.05) is 60.7 Å². The van der Waals surface area contributed by atoms with Crippen molar-refractivity contribution in [2.45, 2.75) is 13.1 Å². The summed E-state index contributed by atoms with van der Waals surface area (Å²) in [4.78, 5) is 10.8. The number of hydrogen-bond donors (Lipinski definition) is 1. The highest BCUT2D eigenvalue weighted by molar-refractivity contribution is 5.15. The molecule has 0 radical (unpaired) electrons. The van der Waals surface area contributed by atoms with Crippen LogP contribution in [0.15, 0.2) is 65.9 Å². The summed E-state index contributed by atoms with van der Waals surface area (Å²) in [5, 5.41) is 7.92. The summed E-state index contributed by atoms with van der Waals surface area (Å²) in [6, 6.07) is 20.1. The van der Waals surface area contributed by atoms with Gasteiger partial charge in [-0.05, 0) is 11.1 Å². The number of benzene rings is 2. The Kier molecular flexibility index (Phi) is 5.73. The molecule has 0 spiro atoms. The van der Waals surface area contributed by atoms with Crippen LogP contribution in [0.2, 0.25) is 0 Å². The number of nitrogens with zero attached hydrogens (tertiary/aromatic N) is 2. The minimum absolute atomic E-state index is 0.553. The Morgan fingerprint density at radius 3 is 2.10 bits per heavy atom. The molecule has 20 heavy (non-hydrogen) atoms. The number of nitrogens with one attached hydrogen (secondary N) is 1. The molecule has 2 rings (SSSR count). The van der Waals surface area contributed by atoms with Crippen LogP contribution in [-0.2, 0) is 13.1 Å². The predicted molar refractivity (Wildman–Crippen MR) is 80.8 cm³/mol. The molecule has 0 amide bonds. The Hall–Kier alpha value is -2.20. The zero-order chi connectivity index (χ0) is 14.0. The van der Waals surface area contributed by atoms with E-state index in [2.05, 4.69) is 22.7 Å². The van der Waals surface area contributed by atoms with Crippen molar-refractivity contribution in [3.63, 3.8) is 0 Å². The van der Waals surface area contributed by atoms with Crippen molar-refractivity contribution in [1.29, 1.82) is 0 Å². The van der Waals surface area contributed by atoms with Crippen LogP contribution in [0.4, 0.5) is 0 Å². The summed E-state index contributed by atoms with van der Waals surface area (Å²) in [6.45, 7) is 2.69. The van der Waals surface area contributed by atoms with E-state index in [9.17, 15) is 4.91 Å². The SMILES string of the molecule is O=NN(CCNCc1ccccc1)Cc1ccccc1. The van der Waals surface area contributed by atoms with Crippen molar-refractivity contribution < 1.29 is 0 Å². The number of rotatable bonds is 8. The Balaban J connectivity index is 1.70. The molecule has 0 unspecified atom stereocenters. The molecule has 0 aliphatic heterocycles. The smallest absolute Gasteiger partial charge is 0.0643 e. The van der Waals surface area contributed by atoms with Gasteiger partial charge in [0.2, 0.25) is 0 Å². The fourth-order valence-corrected chi connectivity index (χ4v) is 1.98. The molecule has 0 aromatic heterocycles. The predicted octanol–water partition coefficient (Wildman–Crippen LogP) is 2.96. The van der Waals surface area contributed by atoms with E-state index in [0.717, 1.165) is 18.7 Å². The third-order valence-corrected chi connectivity index (χ3v) is 3.04. The van der Waals surface area contributed by atoms with Crippen LogP contribution in [0.3, 0.4) is 0 Å². The fourth-order valence-electron chi connectivity index (χ4n) is 1.98. The van der Waals surface area contributed by atoms with E-state index in [4.69, 9.17) is 0 Å². The lowest BCUT2D eigenvalue weighted by Gasteiger charge is -2.15. The van der Waals surface area contributed by atoms with E-state index in [1.807, 2.05) is 48.5 Å². The van der Waals surface area contributed by atoms with E-state index in [1.54, 1.807) is 0 Å². The first-order valence-corrected chi connectivity index (χ1v) is 6.75. The summed E-state index contributed by atoms with van der Waals surface area (Å²) in [5.41, 5.74) is 2.33. The molecule has 0 saturated carbocycles. The van der Waals surface area contributed by atoms with Gasteiger partial charge in [0, 0.05) is 13.1 Å². The number of nitroso groups, excluding NO2 is 1. The molecular weight excluding hydrogens is 250 g/mol. The molecule has 0 saturated heterocycles. The van der Waals surface area contributed by atoms with Crippen LogP contribution in [0.5, 0.6) is 0 Å². The van der Waals surface area contributed by atoms with Crippen molar-refractivity contribution in [2.24, 2.45) is 5.29 Å². The summed E-state index contributed by atoms with van der Waals surface area (Å²) in [5.74, 6) is 0. The first-order valence-electron chi connectivity index (χ1n) is 6.75. The molecule has 0 aliphatic carbocycles. The lowest BCUT2D eigenvalue weighted by atomic mass is 10.2. The van der Waals surface area contributed by atoms with Gasteiger partial charge in [0.1, 0.15) is 0 Å². The first-order chi connectivity index (χ1) is 9.88. The molecule has 1 N–H and O–H groups in total. The summed E-state index contributed by atoms with van der Waals surface area (Å²) >= 11 is 0. The highest BCUT2D eigenvalue weighted by Crippen LogP contribution is 2.04. The quantitative estimate of drug-likeness (QED) is 0.455. The Bertz CT molecular complexity index is 502. The van der Waals surface area contributed by atoms with E-state index in [1.165, 1.54) is 10.6 Å². The highest BCUT2D eigenvalue weighted by atomic mass is 16.3. The minimum Gasteiger partial charge on any atom is -0.311 e. The van der Waals surface area contributed by atoms with Crippen molar-refractivity contribution in [3.05, 3.63) is 76.7 Å². The molecule has 4 heteroatoms. The topological polar surface area (TPSA) is 44.7 Å². The van der Waals surface area contributed by atoms with Gasteiger partial charge in [0.15, 0.2) is 0 Å². The minimum atomic E-state index is 0.553. The molecular formula is C16H19N3O. The summed E-state index contributed by atoms with van der Waals surface area (Å²) in [6.07, 6.45) is 0. The van der Waals surface area contributed by atoms with Gasteiger partial charge in [0.05, 0.1) is 18.4 Å². The van der Waals surface area contributed by atoms with E-state index in [-0.39, 0.29) is 0 Å². The Morgan fingerprint density at radius 1 is 0.900 bits per heavy atom. The van der Waals surface area contributed by atoms with Gasteiger partial charge in [0.25, 0.3) is 0 Å². The van der Waals surface area contributed by atoms with Gasteiger partial charge in [-0.15, -0.1) is 4.91 Å². The van der Waals surface area contributed by atoms with E-state index in [0.29, 0.717) is 13.1 Å². The average molecular weight is 269 g/mol. The van der Waals surface area contributed by atoms with Crippen LogP contribution in [0.25, 0.3) is 0 Å². The zero-order valence-electron chi connectivity index (χ0n) is 11.4. The summed E-state index contributed by atoms with van der Waals surface area (Å²) in [7, 11) is 0. The third-order valence-electron chi connectivity index (χ3n) is 3.04. The van der Waals surface area contributed by atoms with Gasteiger partial charge in [-0.2, -0.15) is 0 Å². The number of hydrogen-bond acceptors (Lipinski definition) is 3. The van der Waals surface area contributed by atoms with Crippen LogP contribution in [-0.4, -0.2) is 18.1 Å². The first kappa shape index (κ1) is 14.2. The second-order valence-electron chi connectivity index (χ2n) is 4.62. The third kappa shape index (κ3) is 4.82. The van der Waals surface area contributed by atoms with Crippen LogP contribution < -0.4 is 5.32 Å². The van der Waals surface area contributed by atoms with Gasteiger partial charge < -0.3 is 5.32 Å².